The second-order valence-electron chi connectivity index (χ2n) is 3.98. The highest BCUT2D eigenvalue weighted by molar-refractivity contribution is 6.01. The summed E-state index contributed by atoms with van der Waals surface area (Å²) in [5.41, 5.74) is 0.743. The predicted octanol–water partition coefficient (Wildman–Crippen LogP) is 0.713. The number of amides is 2. The molecule has 1 aromatic rings. The van der Waals surface area contributed by atoms with Gasteiger partial charge in [0.1, 0.15) is 6.04 Å². The molecule has 0 aliphatic carbocycles. The van der Waals surface area contributed by atoms with Crippen molar-refractivity contribution in [1.82, 2.24) is 10.3 Å². The first kappa shape index (κ1) is 11.6. The van der Waals surface area contributed by atoms with Gasteiger partial charge in [0.05, 0.1) is 11.9 Å². The molecular weight excluding hydrogens is 218 g/mol. The molecule has 5 nitrogen and oxygen atoms in total. The topological polar surface area (TPSA) is 62.3 Å². The number of nitrogens with zero attached hydrogens (tertiary/aromatic N) is 2. The summed E-state index contributed by atoms with van der Waals surface area (Å²) in [6.07, 6.45) is 4.23. The van der Waals surface area contributed by atoms with E-state index < -0.39 is 6.04 Å². The van der Waals surface area contributed by atoms with E-state index in [0.29, 0.717) is 19.4 Å². The standard InChI is InChI=1S/C12H15N3O2/c1-2-10-12(17)15(7-5-11(16)14-10)9-4-3-6-13-8-9/h3-4,6,8,10H,2,5,7H2,1H3,(H,14,16). The molecule has 1 aromatic heterocycles. The van der Waals surface area contributed by atoms with Crippen molar-refractivity contribution in [2.24, 2.45) is 0 Å². The number of pyridine rings is 1. The quantitative estimate of drug-likeness (QED) is 0.818. The number of aromatic nitrogens is 1. The number of carbonyl (C=O) groups is 2. The van der Waals surface area contributed by atoms with E-state index in [0.717, 1.165) is 5.69 Å². The van der Waals surface area contributed by atoms with Crippen LogP contribution in [0.5, 0.6) is 0 Å². The molecule has 1 aliphatic heterocycles. The second-order valence-corrected chi connectivity index (χ2v) is 3.98. The maximum absolute atomic E-state index is 12.2. The Labute approximate surface area is 99.8 Å². The number of rotatable bonds is 2. The molecule has 1 atom stereocenters. The van der Waals surface area contributed by atoms with E-state index in [1.54, 1.807) is 23.4 Å². The Kier molecular flexibility index (Phi) is 3.37. The lowest BCUT2D eigenvalue weighted by atomic mass is 10.2. The molecule has 1 saturated heterocycles. The van der Waals surface area contributed by atoms with E-state index in [1.165, 1.54) is 0 Å². The molecule has 0 spiro atoms. The average Bonchev–Trinajstić information content (AvgIpc) is 2.50. The second kappa shape index (κ2) is 4.95. The van der Waals surface area contributed by atoms with E-state index in [-0.39, 0.29) is 11.8 Å². The fraction of sp³-hybridized carbons (Fsp3) is 0.417. The lowest BCUT2D eigenvalue weighted by Gasteiger charge is -2.22. The van der Waals surface area contributed by atoms with Crippen LogP contribution in [0.25, 0.3) is 0 Å². The van der Waals surface area contributed by atoms with Crippen LogP contribution in [0, 0.1) is 0 Å². The van der Waals surface area contributed by atoms with Gasteiger partial charge in [-0.25, -0.2) is 0 Å². The highest BCUT2D eigenvalue weighted by Crippen LogP contribution is 2.16. The Bertz CT molecular complexity index is 419. The van der Waals surface area contributed by atoms with Crippen molar-refractivity contribution in [1.29, 1.82) is 0 Å². The van der Waals surface area contributed by atoms with Gasteiger partial charge in [0.2, 0.25) is 11.8 Å². The van der Waals surface area contributed by atoms with Gasteiger partial charge in [0.15, 0.2) is 0 Å². The van der Waals surface area contributed by atoms with Gasteiger partial charge in [-0.1, -0.05) is 6.92 Å². The van der Waals surface area contributed by atoms with Crippen LogP contribution in [0.2, 0.25) is 0 Å². The number of anilines is 1. The molecule has 2 heterocycles. The molecule has 0 saturated carbocycles. The number of nitrogens with one attached hydrogen (secondary N) is 1. The largest absolute Gasteiger partial charge is 0.344 e. The van der Waals surface area contributed by atoms with Crippen molar-refractivity contribution in [3.8, 4) is 0 Å². The van der Waals surface area contributed by atoms with Crippen LogP contribution in [0.15, 0.2) is 24.5 Å². The Hall–Kier alpha value is -1.91. The third-order valence-electron chi connectivity index (χ3n) is 2.83. The van der Waals surface area contributed by atoms with Crippen LogP contribution in [0.1, 0.15) is 19.8 Å². The molecule has 0 aromatic carbocycles. The third-order valence-corrected chi connectivity index (χ3v) is 2.83. The predicted molar refractivity (Wildman–Crippen MR) is 63.4 cm³/mol. The molecule has 90 valence electrons. The Balaban J connectivity index is 2.27. The van der Waals surface area contributed by atoms with Crippen molar-refractivity contribution in [2.45, 2.75) is 25.8 Å². The highest BCUT2D eigenvalue weighted by Gasteiger charge is 2.29. The fourth-order valence-corrected chi connectivity index (χ4v) is 1.89. The molecule has 5 heteroatoms. The molecule has 17 heavy (non-hydrogen) atoms. The summed E-state index contributed by atoms with van der Waals surface area (Å²) in [7, 11) is 0. The van der Waals surface area contributed by atoms with Crippen LogP contribution >= 0.6 is 0 Å². The fourth-order valence-electron chi connectivity index (χ4n) is 1.89. The SMILES string of the molecule is CCC1NC(=O)CCN(c2cccnc2)C1=O. The molecule has 0 radical (unpaired) electrons. The zero-order valence-corrected chi connectivity index (χ0v) is 9.72. The monoisotopic (exact) mass is 233 g/mol. The molecule has 2 amide bonds. The molecular formula is C12H15N3O2. The maximum Gasteiger partial charge on any atom is 0.249 e. The van der Waals surface area contributed by atoms with Gasteiger partial charge in [-0.2, -0.15) is 0 Å². The minimum atomic E-state index is -0.426. The average molecular weight is 233 g/mol. The highest BCUT2D eigenvalue weighted by atomic mass is 16.2. The summed E-state index contributed by atoms with van der Waals surface area (Å²) in [6.45, 7) is 2.29. The Morgan fingerprint density at radius 1 is 1.53 bits per heavy atom. The summed E-state index contributed by atoms with van der Waals surface area (Å²) in [5.74, 6) is -0.136. The van der Waals surface area contributed by atoms with Gasteiger partial charge >= 0.3 is 0 Å². The number of carbonyl (C=O) groups excluding carboxylic acids is 2. The smallest absolute Gasteiger partial charge is 0.249 e. The first-order chi connectivity index (χ1) is 8.22. The molecule has 2 rings (SSSR count). The maximum atomic E-state index is 12.2. The molecule has 1 aliphatic rings. The van der Waals surface area contributed by atoms with Crippen molar-refractivity contribution in [3.05, 3.63) is 24.5 Å². The summed E-state index contributed by atoms with van der Waals surface area (Å²) < 4.78 is 0. The zero-order valence-electron chi connectivity index (χ0n) is 9.72. The first-order valence-corrected chi connectivity index (χ1v) is 5.73. The van der Waals surface area contributed by atoms with Crippen LogP contribution in [0.3, 0.4) is 0 Å². The van der Waals surface area contributed by atoms with Crippen LogP contribution in [0.4, 0.5) is 5.69 Å². The van der Waals surface area contributed by atoms with Gasteiger partial charge in [-0.3, -0.25) is 14.6 Å². The van der Waals surface area contributed by atoms with Gasteiger partial charge in [0, 0.05) is 19.2 Å². The summed E-state index contributed by atoms with van der Waals surface area (Å²) in [4.78, 5) is 29.3. The Morgan fingerprint density at radius 2 is 2.35 bits per heavy atom. The van der Waals surface area contributed by atoms with Gasteiger partial charge in [0.25, 0.3) is 0 Å². The van der Waals surface area contributed by atoms with E-state index in [9.17, 15) is 9.59 Å². The van der Waals surface area contributed by atoms with E-state index in [4.69, 9.17) is 0 Å². The molecule has 1 N–H and O–H groups in total. The summed E-state index contributed by atoms with van der Waals surface area (Å²) >= 11 is 0. The van der Waals surface area contributed by atoms with Gasteiger partial charge in [-0.05, 0) is 18.6 Å². The van der Waals surface area contributed by atoms with Crippen molar-refractivity contribution < 1.29 is 9.59 Å². The van der Waals surface area contributed by atoms with Crippen LogP contribution < -0.4 is 10.2 Å². The van der Waals surface area contributed by atoms with E-state index in [2.05, 4.69) is 10.3 Å². The van der Waals surface area contributed by atoms with Crippen molar-refractivity contribution >= 4 is 17.5 Å². The molecule has 1 fully saturated rings. The van der Waals surface area contributed by atoms with Gasteiger partial charge in [-0.15, -0.1) is 0 Å². The lowest BCUT2D eigenvalue weighted by Crippen LogP contribution is -2.44. The minimum Gasteiger partial charge on any atom is -0.344 e. The molecule has 1 unspecified atom stereocenters. The molecule has 0 bridgehead atoms. The lowest BCUT2D eigenvalue weighted by molar-refractivity contribution is -0.125. The van der Waals surface area contributed by atoms with Crippen molar-refractivity contribution in [2.75, 3.05) is 11.4 Å². The van der Waals surface area contributed by atoms with E-state index in [1.807, 2.05) is 13.0 Å². The Morgan fingerprint density at radius 3 is 3.00 bits per heavy atom. The third kappa shape index (κ3) is 2.43. The first-order valence-electron chi connectivity index (χ1n) is 5.73. The number of hydrogen-bond acceptors (Lipinski definition) is 3. The number of hydrogen-bond donors (Lipinski definition) is 1. The van der Waals surface area contributed by atoms with E-state index >= 15 is 0 Å². The summed E-state index contributed by atoms with van der Waals surface area (Å²) in [6, 6.07) is 3.18. The van der Waals surface area contributed by atoms with Crippen LogP contribution in [-0.2, 0) is 9.59 Å². The van der Waals surface area contributed by atoms with Gasteiger partial charge < -0.3 is 10.2 Å². The van der Waals surface area contributed by atoms with Crippen LogP contribution in [-0.4, -0.2) is 29.4 Å². The normalized spacial score (nSPS) is 21.0. The summed E-state index contributed by atoms with van der Waals surface area (Å²) in [5, 5.41) is 2.73. The van der Waals surface area contributed by atoms with Crippen molar-refractivity contribution in [3.63, 3.8) is 0 Å². The minimum absolute atomic E-state index is 0.0636. The zero-order chi connectivity index (χ0) is 12.3.